The largest absolute Gasteiger partial charge is 0.445 e. The predicted molar refractivity (Wildman–Crippen MR) is 86.7 cm³/mol. The number of carbonyl (C=O) groups excluding carboxylic acids is 3. The number of nitrogens with one attached hydrogen (secondary N) is 2. The minimum Gasteiger partial charge on any atom is -0.445 e. The summed E-state index contributed by atoms with van der Waals surface area (Å²) < 4.78 is 5.02. The molecule has 0 spiro atoms. The molecule has 7 heteroatoms. The maximum absolute atomic E-state index is 12.4. The molecule has 2 amide bonds. The molecule has 7 nitrogen and oxygen atoms in total. The van der Waals surface area contributed by atoms with Gasteiger partial charge in [0.2, 0.25) is 0 Å². The molecule has 124 valence electrons. The average molecular weight is 327 g/mol. The fraction of sp³-hybridized carbons (Fsp3) is 0.118. The van der Waals surface area contributed by atoms with E-state index < -0.39 is 23.8 Å². The topological polar surface area (TPSA) is 111 Å². The van der Waals surface area contributed by atoms with Crippen molar-refractivity contribution in [3.63, 3.8) is 0 Å². The standard InChI is InChI=1S/C17H17N3O4/c18-20-16(22)14(15(21)13-9-5-2-6-10-13)19-17(23)24-11-12-7-3-1-4-8-12/h1-10,14H,11,18H2,(H,19,23)(H,20,22). The first-order valence-electron chi connectivity index (χ1n) is 7.18. The molecule has 4 N–H and O–H groups in total. The van der Waals surface area contributed by atoms with Gasteiger partial charge >= 0.3 is 6.09 Å². The van der Waals surface area contributed by atoms with Crippen molar-refractivity contribution < 1.29 is 19.1 Å². The van der Waals surface area contributed by atoms with E-state index in [4.69, 9.17) is 10.6 Å². The van der Waals surface area contributed by atoms with E-state index in [0.717, 1.165) is 5.56 Å². The third kappa shape index (κ3) is 4.65. The minimum atomic E-state index is -1.47. The Morgan fingerprint density at radius 1 is 0.958 bits per heavy atom. The highest BCUT2D eigenvalue weighted by molar-refractivity contribution is 6.14. The predicted octanol–water partition coefficient (Wildman–Crippen LogP) is 1.15. The van der Waals surface area contributed by atoms with Crippen molar-refractivity contribution in [2.45, 2.75) is 12.6 Å². The zero-order valence-electron chi connectivity index (χ0n) is 12.8. The molecule has 0 aliphatic carbocycles. The van der Waals surface area contributed by atoms with Crippen LogP contribution in [0.2, 0.25) is 0 Å². The molecule has 0 aromatic heterocycles. The number of ketones is 1. The van der Waals surface area contributed by atoms with E-state index >= 15 is 0 Å². The summed E-state index contributed by atoms with van der Waals surface area (Å²) in [4.78, 5) is 36.1. The van der Waals surface area contributed by atoms with E-state index in [1.165, 1.54) is 12.1 Å². The van der Waals surface area contributed by atoms with Gasteiger partial charge in [-0.05, 0) is 5.56 Å². The number of carbonyl (C=O) groups is 3. The van der Waals surface area contributed by atoms with Gasteiger partial charge in [-0.15, -0.1) is 0 Å². The second-order valence-corrected chi connectivity index (χ2v) is 4.88. The molecule has 2 aromatic rings. The number of nitrogens with two attached hydrogens (primary N) is 1. The molecule has 0 saturated carbocycles. The van der Waals surface area contributed by atoms with Gasteiger partial charge in [0, 0.05) is 5.56 Å². The van der Waals surface area contributed by atoms with Crippen LogP contribution in [0.15, 0.2) is 60.7 Å². The highest BCUT2D eigenvalue weighted by atomic mass is 16.5. The molecule has 0 bridgehead atoms. The van der Waals surface area contributed by atoms with Crippen LogP contribution >= 0.6 is 0 Å². The molecule has 1 unspecified atom stereocenters. The monoisotopic (exact) mass is 327 g/mol. The van der Waals surface area contributed by atoms with Gasteiger partial charge in [-0.1, -0.05) is 60.7 Å². The number of Topliss-reactive ketones (excluding diaryl/α,β-unsaturated/α-hetero) is 1. The molecule has 2 aromatic carbocycles. The van der Waals surface area contributed by atoms with Gasteiger partial charge in [-0.2, -0.15) is 0 Å². The Morgan fingerprint density at radius 2 is 1.54 bits per heavy atom. The van der Waals surface area contributed by atoms with Crippen molar-refractivity contribution in [1.82, 2.24) is 10.7 Å². The number of hydrogen-bond acceptors (Lipinski definition) is 5. The first-order chi connectivity index (χ1) is 11.6. The Bertz CT molecular complexity index is 704. The second-order valence-electron chi connectivity index (χ2n) is 4.88. The van der Waals surface area contributed by atoms with Crippen LogP contribution in [0.3, 0.4) is 0 Å². The van der Waals surface area contributed by atoms with Gasteiger partial charge in [0.25, 0.3) is 5.91 Å². The van der Waals surface area contributed by atoms with Gasteiger partial charge in [0.15, 0.2) is 11.8 Å². The first-order valence-corrected chi connectivity index (χ1v) is 7.18. The summed E-state index contributed by atoms with van der Waals surface area (Å²) in [6.07, 6.45) is -0.892. The zero-order chi connectivity index (χ0) is 17.4. The van der Waals surface area contributed by atoms with Crippen LogP contribution in [-0.2, 0) is 16.1 Å². The maximum atomic E-state index is 12.4. The summed E-state index contributed by atoms with van der Waals surface area (Å²) >= 11 is 0. The molecule has 0 fully saturated rings. The number of benzene rings is 2. The lowest BCUT2D eigenvalue weighted by molar-refractivity contribution is -0.122. The number of hydrazine groups is 1. The minimum absolute atomic E-state index is 0.0170. The molecular formula is C17H17N3O4. The molecule has 0 saturated heterocycles. The quantitative estimate of drug-likeness (QED) is 0.242. The smallest absolute Gasteiger partial charge is 0.408 e. The summed E-state index contributed by atoms with van der Waals surface area (Å²) in [5.74, 6) is 3.67. The Morgan fingerprint density at radius 3 is 2.12 bits per heavy atom. The fourth-order valence-corrected chi connectivity index (χ4v) is 1.99. The van der Waals surface area contributed by atoms with Crippen LogP contribution in [0.1, 0.15) is 15.9 Å². The fourth-order valence-electron chi connectivity index (χ4n) is 1.99. The summed E-state index contributed by atoms with van der Waals surface area (Å²) in [6.45, 7) is 0.0170. The van der Waals surface area contributed by atoms with Gasteiger partial charge in [-0.3, -0.25) is 15.0 Å². The Balaban J connectivity index is 2.02. The molecule has 0 heterocycles. The van der Waals surface area contributed by atoms with Crippen molar-refractivity contribution in [1.29, 1.82) is 0 Å². The van der Waals surface area contributed by atoms with E-state index in [0.29, 0.717) is 0 Å². The van der Waals surface area contributed by atoms with E-state index in [-0.39, 0.29) is 12.2 Å². The van der Waals surface area contributed by atoms with Crippen LogP contribution in [0.4, 0.5) is 4.79 Å². The van der Waals surface area contributed by atoms with Crippen LogP contribution in [-0.4, -0.2) is 23.8 Å². The lowest BCUT2D eigenvalue weighted by atomic mass is 10.0. The Kier molecular flexibility index (Phi) is 6.04. The third-order valence-electron chi connectivity index (χ3n) is 3.20. The van der Waals surface area contributed by atoms with Crippen molar-refractivity contribution in [3.05, 3.63) is 71.8 Å². The molecule has 0 aliphatic rings. The number of ether oxygens (including phenoxy) is 1. The van der Waals surface area contributed by atoms with Gasteiger partial charge in [0.05, 0.1) is 0 Å². The highest BCUT2D eigenvalue weighted by Crippen LogP contribution is 2.05. The van der Waals surface area contributed by atoms with E-state index in [1.807, 2.05) is 11.5 Å². The van der Waals surface area contributed by atoms with Crippen LogP contribution < -0.4 is 16.6 Å². The van der Waals surface area contributed by atoms with E-state index in [9.17, 15) is 14.4 Å². The van der Waals surface area contributed by atoms with Gasteiger partial charge < -0.3 is 10.1 Å². The van der Waals surface area contributed by atoms with Crippen molar-refractivity contribution in [2.75, 3.05) is 0 Å². The number of alkyl carbamates (subject to hydrolysis) is 1. The van der Waals surface area contributed by atoms with Gasteiger partial charge in [0.1, 0.15) is 6.61 Å². The van der Waals surface area contributed by atoms with Crippen LogP contribution in [0, 0.1) is 0 Å². The number of amides is 2. The van der Waals surface area contributed by atoms with Crippen LogP contribution in [0.25, 0.3) is 0 Å². The van der Waals surface area contributed by atoms with Crippen molar-refractivity contribution in [3.8, 4) is 0 Å². The average Bonchev–Trinajstić information content (AvgIpc) is 2.65. The number of hydrogen-bond donors (Lipinski definition) is 3. The van der Waals surface area contributed by atoms with Crippen molar-refractivity contribution in [2.24, 2.45) is 5.84 Å². The summed E-state index contributed by atoms with van der Waals surface area (Å²) in [5.41, 5.74) is 2.92. The van der Waals surface area contributed by atoms with Crippen LogP contribution in [0.5, 0.6) is 0 Å². The molecular weight excluding hydrogens is 310 g/mol. The highest BCUT2D eigenvalue weighted by Gasteiger charge is 2.29. The SMILES string of the molecule is NNC(=O)C(NC(=O)OCc1ccccc1)C(=O)c1ccccc1. The summed E-state index contributed by atoms with van der Waals surface area (Å²) in [6, 6.07) is 15.7. The van der Waals surface area contributed by atoms with Crippen molar-refractivity contribution >= 4 is 17.8 Å². The lowest BCUT2D eigenvalue weighted by Crippen LogP contribution is -2.53. The van der Waals surface area contributed by atoms with E-state index in [1.54, 1.807) is 42.5 Å². The maximum Gasteiger partial charge on any atom is 0.408 e. The summed E-state index contributed by atoms with van der Waals surface area (Å²) in [5, 5.41) is 2.23. The summed E-state index contributed by atoms with van der Waals surface area (Å²) in [7, 11) is 0. The zero-order valence-corrected chi connectivity index (χ0v) is 12.8. The first kappa shape index (κ1) is 17.2. The van der Waals surface area contributed by atoms with Gasteiger partial charge in [-0.25, -0.2) is 10.6 Å². The molecule has 2 rings (SSSR count). The molecule has 0 radical (unpaired) electrons. The third-order valence-corrected chi connectivity index (χ3v) is 3.20. The normalized spacial score (nSPS) is 11.2. The lowest BCUT2D eigenvalue weighted by Gasteiger charge is -2.16. The van der Waals surface area contributed by atoms with E-state index in [2.05, 4.69) is 5.32 Å². The number of rotatable bonds is 6. The second kappa shape index (κ2) is 8.44. The molecule has 0 aliphatic heterocycles. The molecule has 24 heavy (non-hydrogen) atoms. The Hall–Kier alpha value is -3.19. The Labute approximate surface area is 138 Å². The molecule has 1 atom stereocenters.